The zero-order valence-electron chi connectivity index (χ0n) is 19.1. The quantitative estimate of drug-likeness (QED) is 0.376. The Bertz CT molecular complexity index is 1300. The van der Waals surface area contributed by atoms with Gasteiger partial charge in [0.15, 0.2) is 5.82 Å². The smallest absolute Gasteiger partial charge is 0.416 e. The average Bonchev–Trinajstić information content (AvgIpc) is 3.32. The molecule has 1 unspecified atom stereocenters. The van der Waals surface area contributed by atoms with E-state index in [-0.39, 0.29) is 0 Å². The summed E-state index contributed by atoms with van der Waals surface area (Å²) in [5.74, 6) is 1.22. The lowest BCUT2D eigenvalue weighted by atomic mass is 9.95. The molecule has 1 atom stereocenters. The van der Waals surface area contributed by atoms with E-state index in [1.165, 1.54) is 12.1 Å². The van der Waals surface area contributed by atoms with Crippen LogP contribution in [0.4, 0.5) is 18.9 Å². The van der Waals surface area contributed by atoms with E-state index in [1.54, 1.807) is 17.9 Å². The molecule has 1 aromatic heterocycles. The lowest BCUT2D eigenvalue weighted by molar-refractivity contribution is -0.137. The largest absolute Gasteiger partial charge is 0.497 e. The second-order valence-electron chi connectivity index (χ2n) is 8.49. The van der Waals surface area contributed by atoms with Crippen LogP contribution in [-0.4, -0.2) is 33.9 Å². The number of hydrogen-bond donors (Lipinski definition) is 0. The first-order valence-corrected chi connectivity index (χ1v) is 11.3. The number of hydrogen-bond acceptors (Lipinski definition) is 5. The standard InChI is InChI=1S/C26H24F3N5O/c1-35-22-13-11-18(12-14-22)17-34-25(30-31-32-34)24(20-7-4-9-21(16-20)26(27,28)29)33-15-5-8-19-6-2-3-10-23(19)33/h2-4,6-7,9-14,16,24H,5,8,15,17H2,1H3. The van der Waals surface area contributed by atoms with Crippen molar-refractivity contribution in [3.05, 3.63) is 101 Å². The summed E-state index contributed by atoms with van der Waals surface area (Å²) in [6.45, 7) is 1.05. The molecule has 4 aromatic rings. The number of anilines is 1. The lowest BCUT2D eigenvalue weighted by Gasteiger charge is -2.37. The number of rotatable bonds is 6. The summed E-state index contributed by atoms with van der Waals surface area (Å²) in [5.41, 5.74) is 2.88. The zero-order valence-corrected chi connectivity index (χ0v) is 19.1. The second kappa shape index (κ2) is 9.40. The minimum Gasteiger partial charge on any atom is -0.497 e. The van der Waals surface area contributed by atoms with Gasteiger partial charge in [-0.1, -0.05) is 42.5 Å². The zero-order chi connectivity index (χ0) is 24.4. The summed E-state index contributed by atoms with van der Waals surface area (Å²) >= 11 is 0. The fourth-order valence-electron chi connectivity index (χ4n) is 4.61. The number of tetrazole rings is 1. The third kappa shape index (κ3) is 4.71. The van der Waals surface area contributed by atoms with Crippen molar-refractivity contribution < 1.29 is 17.9 Å². The normalized spacial score (nSPS) is 14.5. The molecular weight excluding hydrogens is 455 g/mol. The number of aryl methyl sites for hydroxylation is 1. The van der Waals surface area contributed by atoms with Crippen LogP contribution < -0.4 is 9.64 Å². The molecule has 0 fully saturated rings. The number of para-hydroxylation sites is 1. The minimum absolute atomic E-state index is 0.372. The van der Waals surface area contributed by atoms with Crippen LogP contribution in [-0.2, 0) is 19.1 Å². The van der Waals surface area contributed by atoms with Crippen molar-refractivity contribution in [3.63, 3.8) is 0 Å². The fraction of sp³-hybridized carbons (Fsp3) is 0.269. The van der Waals surface area contributed by atoms with Crippen LogP contribution in [0.2, 0.25) is 0 Å². The third-order valence-corrected chi connectivity index (χ3v) is 6.28. The van der Waals surface area contributed by atoms with E-state index in [2.05, 4.69) is 26.5 Å². The SMILES string of the molecule is COc1ccc(Cn2nnnc2C(c2cccc(C(F)(F)F)c2)N2CCCc3ccccc32)cc1. The highest BCUT2D eigenvalue weighted by atomic mass is 19.4. The van der Waals surface area contributed by atoms with Gasteiger partial charge in [0.1, 0.15) is 11.8 Å². The molecule has 0 saturated carbocycles. The summed E-state index contributed by atoms with van der Waals surface area (Å²) < 4.78 is 47.7. The lowest BCUT2D eigenvalue weighted by Crippen LogP contribution is -2.36. The molecule has 0 spiro atoms. The van der Waals surface area contributed by atoms with Gasteiger partial charge in [-0.25, -0.2) is 4.68 Å². The Morgan fingerprint density at radius 2 is 1.80 bits per heavy atom. The maximum Gasteiger partial charge on any atom is 0.416 e. The molecule has 0 radical (unpaired) electrons. The molecule has 6 nitrogen and oxygen atoms in total. The fourth-order valence-corrected chi connectivity index (χ4v) is 4.61. The highest BCUT2D eigenvalue weighted by molar-refractivity contribution is 5.58. The first kappa shape index (κ1) is 22.9. The molecule has 0 amide bonds. The van der Waals surface area contributed by atoms with Gasteiger partial charge in [-0.3, -0.25) is 0 Å². The van der Waals surface area contributed by atoms with E-state index in [0.717, 1.165) is 41.5 Å². The first-order valence-electron chi connectivity index (χ1n) is 11.3. The van der Waals surface area contributed by atoms with Crippen LogP contribution >= 0.6 is 0 Å². The van der Waals surface area contributed by atoms with Gasteiger partial charge >= 0.3 is 6.18 Å². The Morgan fingerprint density at radius 1 is 1.00 bits per heavy atom. The van der Waals surface area contributed by atoms with E-state index < -0.39 is 17.8 Å². The molecule has 1 aliphatic rings. The van der Waals surface area contributed by atoms with Gasteiger partial charge in [-0.2, -0.15) is 13.2 Å². The summed E-state index contributed by atoms with van der Waals surface area (Å²) in [7, 11) is 1.60. The second-order valence-corrected chi connectivity index (χ2v) is 8.49. The van der Waals surface area contributed by atoms with Gasteiger partial charge in [0.2, 0.25) is 0 Å². The highest BCUT2D eigenvalue weighted by Gasteiger charge is 2.35. The van der Waals surface area contributed by atoms with Crippen molar-refractivity contribution in [2.45, 2.75) is 31.6 Å². The molecule has 35 heavy (non-hydrogen) atoms. The molecule has 1 aliphatic heterocycles. The van der Waals surface area contributed by atoms with E-state index >= 15 is 0 Å². The van der Waals surface area contributed by atoms with E-state index in [0.29, 0.717) is 24.5 Å². The maximum atomic E-state index is 13.6. The Hall–Kier alpha value is -3.88. The summed E-state index contributed by atoms with van der Waals surface area (Å²) in [5, 5.41) is 12.4. The molecule has 0 saturated heterocycles. The van der Waals surface area contributed by atoms with Crippen LogP contribution in [0, 0.1) is 0 Å². The summed E-state index contributed by atoms with van der Waals surface area (Å²) in [6, 6.07) is 20.4. The number of halogens is 3. The van der Waals surface area contributed by atoms with Gasteiger partial charge in [0.25, 0.3) is 0 Å². The number of alkyl halides is 3. The number of nitrogens with zero attached hydrogens (tertiary/aromatic N) is 5. The van der Waals surface area contributed by atoms with Crippen molar-refractivity contribution >= 4 is 5.69 Å². The molecule has 180 valence electrons. The van der Waals surface area contributed by atoms with Crippen molar-refractivity contribution in [1.29, 1.82) is 0 Å². The van der Waals surface area contributed by atoms with Crippen molar-refractivity contribution in [2.75, 3.05) is 18.6 Å². The highest BCUT2D eigenvalue weighted by Crippen LogP contribution is 2.39. The van der Waals surface area contributed by atoms with Crippen LogP contribution in [0.1, 0.15) is 40.5 Å². The molecular formula is C26H24F3N5O. The average molecular weight is 480 g/mol. The van der Waals surface area contributed by atoms with Crippen LogP contribution in [0.25, 0.3) is 0 Å². The van der Waals surface area contributed by atoms with Crippen LogP contribution in [0.15, 0.2) is 72.8 Å². The van der Waals surface area contributed by atoms with Gasteiger partial charge in [-0.15, -0.1) is 5.10 Å². The molecule has 3 aromatic carbocycles. The van der Waals surface area contributed by atoms with E-state index in [4.69, 9.17) is 4.74 Å². The van der Waals surface area contributed by atoms with Gasteiger partial charge < -0.3 is 9.64 Å². The predicted molar refractivity (Wildman–Crippen MR) is 125 cm³/mol. The van der Waals surface area contributed by atoms with Crippen LogP contribution in [0.5, 0.6) is 5.75 Å². The number of methoxy groups -OCH3 is 1. The van der Waals surface area contributed by atoms with Gasteiger partial charge in [-0.05, 0) is 70.3 Å². The number of ether oxygens (including phenoxy) is 1. The topological polar surface area (TPSA) is 56.1 Å². The minimum atomic E-state index is -4.45. The summed E-state index contributed by atoms with van der Waals surface area (Å²) in [4.78, 5) is 2.12. The number of aromatic nitrogens is 4. The van der Waals surface area contributed by atoms with Crippen molar-refractivity contribution in [3.8, 4) is 5.75 Å². The first-order chi connectivity index (χ1) is 16.9. The van der Waals surface area contributed by atoms with Gasteiger partial charge in [0, 0.05) is 12.2 Å². The molecule has 0 aliphatic carbocycles. The Balaban J connectivity index is 1.60. The third-order valence-electron chi connectivity index (χ3n) is 6.28. The molecule has 9 heteroatoms. The van der Waals surface area contributed by atoms with E-state index in [1.807, 2.05) is 42.5 Å². The number of fused-ring (bicyclic) bond motifs is 1. The monoisotopic (exact) mass is 479 g/mol. The molecule has 0 N–H and O–H groups in total. The Morgan fingerprint density at radius 3 is 2.57 bits per heavy atom. The van der Waals surface area contributed by atoms with Gasteiger partial charge in [0.05, 0.1) is 19.2 Å². The molecule has 2 heterocycles. The predicted octanol–water partition coefficient (Wildman–Crippen LogP) is 5.29. The maximum absolute atomic E-state index is 13.6. The molecule has 5 rings (SSSR count). The van der Waals surface area contributed by atoms with Crippen molar-refractivity contribution in [1.82, 2.24) is 20.2 Å². The van der Waals surface area contributed by atoms with Crippen molar-refractivity contribution in [2.24, 2.45) is 0 Å². The van der Waals surface area contributed by atoms with E-state index in [9.17, 15) is 13.2 Å². The molecule has 0 bridgehead atoms. The Kier molecular flexibility index (Phi) is 6.15. The number of benzene rings is 3. The Labute approximate surface area is 201 Å². The summed E-state index contributed by atoms with van der Waals surface area (Å²) in [6.07, 6.45) is -2.65. The van der Waals surface area contributed by atoms with Crippen LogP contribution in [0.3, 0.4) is 0 Å².